The molecule has 2 aliphatic heterocycles. The molecule has 2 fully saturated rings. The summed E-state index contributed by atoms with van der Waals surface area (Å²) >= 11 is 0. The van der Waals surface area contributed by atoms with Crippen LogP contribution in [0.4, 0.5) is 0 Å². The summed E-state index contributed by atoms with van der Waals surface area (Å²) in [5.41, 5.74) is 0.836. The van der Waals surface area contributed by atoms with E-state index in [4.69, 9.17) is 9.47 Å². The van der Waals surface area contributed by atoms with Crippen molar-refractivity contribution in [2.75, 3.05) is 32.6 Å². The Labute approximate surface area is 131 Å². The predicted octanol–water partition coefficient (Wildman–Crippen LogP) is 1.04. The van der Waals surface area contributed by atoms with Gasteiger partial charge in [-0.05, 0) is 36.5 Å². The molecule has 0 bridgehead atoms. The van der Waals surface area contributed by atoms with Gasteiger partial charge in [-0.3, -0.25) is 4.98 Å². The number of nitrogens with zero attached hydrogens (tertiary/aromatic N) is 2. The van der Waals surface area contributed by atoms with Crippen LogP contribution in [0.5, 0.6) is 0 Å². The van der Waals surface area contributed by atoms with E-state index in [9.17, 15) is 8.42 Å². The molecule has 0 amide bonds. The Kier molecular flexibility index (Phi) is 4.49. The first-order chi connectivity index (χ1) is 10.5. The summed E-state index contributed by atoms with van der Waals surface area (Å²) in [4.78, 5) is 3.98. The van der Waals surface area contributed by atoms with Crippen molar-refractivity contribution in [2.45, 2.75) is 25.0 Å². The van der Waals surface area contributed by atoms with Gasteiger partial charge >= 0.3 is 0 Å². The maximum absolute atomic E-state index is 11.5. The second kappa shape index (κ2) is 6.23. The number of hydrogen-bond acceptors (Lipinski definition) is 5. The topological polar surface area (TPSA) is 68.7 Å². The largest absolute Gasteiger partial charge is 0.377 e. The van der Waals surface area contributed by atoms with Crippen LogP contribution in [0.15, 0.2) is 24.5 Å². The molecule has 1 aromatic rings. The van der Waals surface area contributed by atoms with Crippen LogP contribution in [0.1, 0.15) is 18.4 Å². The number of pyridine rings is 1. The van der Waals surface area contributed by atoms with E-state index in [0.717, 1.165) is 18.4 Å². The normalized spacial score (nSPS) is 24.5. The third-order valence-electron chi connectivity index (χ3n) is 4.59. The van der Waals surface area contributed by atoms with Crippen molar-refractivity contribution >= 4 is 10.0 Å². The minimum absolute atomic E-state index is 0.275. The molecule has 3 rings (SSSR count). The Bertz CT molecular complexity index is 599. The van der Waals surface area contributed by atoms with Crippen molar-refractivity contribution in [2.24, 2.45) is 5.92 Å². The number of hydrogen-bond donors (Lipinski definition) is 0. The summed E-state index contributed by atoms with van der Waals surface area (Å²) in [6, 6.07) is 3.88. The maximum atomic E-state index is 11.5. The van der Waals surface area contributed by atoms with Gasteiger partial charge in [-0.2, -0.15) is 4.31 Å². The monoisotopic (exact) mass is 326 g/mol. The summed E-state index contributed by atoms with van der Waals surface area (Å²) in [6.07, 6.45) is 6.65. The highest BCUT2D eigenvalue weighted by molar-refractivity contribution is 7.88. The van der Waals surface area contributed by atoms with Gasteiger partial charge in [-0.25, -0.2) is 8.42 Å². The van der Waals surface area contributed by atoms with Crippen molar-refractivity contribution in [3.63, 3.8) is 0 Å². The second-order valence-electron chi connectivity index (χ2n) is 6.13. The fourth-order valence-electron chi connectivity index (χ4n) is 3.22. The van der Waals surface area contributed by atoms with Crippen molar-refractivity contribution in [1.29, 1.82) is 0 Å². The maximum Gasteiger partial charge on any atom is 0.211 e. The number of rotatable bonds is 6. The fourth-order valence-corrected chi connectivity index (χ4v) is 4.13. The zero-order valence-corrected chi connectivity index (χ0v) is 13.6. The molecule has 3 heterocycles. The minimum Gasteiger partial charge on any atom is -0.377 e. The standard InChI is InChI=1S/C15H22N2O4S/c1-22(18,19)17-11-15(12-17)14(5-9-21-15)4-8-20-10-13-2-6-16-7-3-13/h2-3,6-7,14H,4-5,8-12H2,1H3. The summed E-state index contributed by atoms with van der Waals surface area (Å²) in [5.74, 6) is 0.378. The molecule has 122 valence electrons. The zero-order valence-electron chi connectivity index (χ0n) is 12.8. The van der Waals surface area contributed by atoms with Gasteiger partial charge in [-0.15, -0.1) is 0 Å². The number of aromatic nitrogens is 1. The molecule has 0 N–H and O–H groups in total. The average Bonchev–Trinajstić information content (AvgIpc) is 2.86. The lowest BCUT2D eigenvalue weighted by Gasteiger charge is -2.48. The molecular weight excluding hydrogens is 304 g/mol. The molecule has 0 saturated carbocycles. The van der Waals surface area contributed by atoms with E-state index in [0.29, 0.717) is 38.8 Å². The highest BCUT2D eigenvalue weighted by Crippen LogP contribution is 2.42. The van der Waals surface area contributed by atoms with Crippen LogP contribution in [0, 0.1) is 5.92 Å². The van der Waals surface area contributed by atoms with Gasteiger partial charge in [0, 0.05) is 38.7 Å². The first kappa shape index (κ1) is 15.9. The molecule has 1 atom stereocenters. The predicted molar refractivity (Wildman–Crippen MR) is 81.7 cm³/mol. The van der Waals surface area contributed by atoms with Crippen LogP contribution in [-0.2, 0) is 26.1 Å². The molecule has 2 saturated heterocycles. The highest BCUT2D eigenvalue weighted by Gasteiger charge is 2.55. The molecular formula is C15H22N2O4S. The Balaban J connectivity index is 1.45. The Morgan fingerprint density at radius 2 is 2.14 bits per heavy atom. The molecule has 6 nitrogen and oxygen atoms in total. The van der Waals surface area contributed by atoms with Crippen molar-refractivity contribution in [1.82, 2.24) is 9.29 Å². The van der Waals surface area contributed by atoms with E-state index in [2.05, 4.69) is 4.98 Å². The minimum atomic E-state index is -3.10. The lowest BCUT2D eigenvalue weighted by molar-refractivity contribution is -0.105. The van der Waals surface area contributed by atoms with Crippen LogP contribution in [0.25, 0.3) is 0 Å². The van der Waals surface area contributed by atoms with Crippen LogP contribution >= 0.6 is 0 Å². The molecule has 0 aromatic carbocycles. The summed E-state index contributed by atoms with van der Waals surface area (Å²) in [7, 11) is -3.10. The van der Waals surface area contributed by atoms with Gasteiger partial charge in [0.2, 0.25) is 10.0 Å². The smallest absolute Gasteiger partial charge is 0.211 e. The molecule has 1 spiro atoms. The van der Waals surface area contributed by atoms with Crippen molar-refractivity contribution < 1.29 is 17.9 Å². The van der Waals surface area contributed by atoms with Gasteiger partial charge in [0.25, 0.3) is 0 Å². The van der Waals surface area contributed by atoms with E-state index >= 15 is 0 Å². The molecule has 1 unspecified atom stereocenters. The van der Waals surface area contributed by atoms with Crippen molar-refractivity contribution in [3.8, 4) is 0 Å². The summed E-state index contributed by atoms with van der Waals surface area (Å²) in [6.45, 7) is 2.93. The molecule has 0 radical (unpaired) electrons. The summed E-state index contributed by atoms with van der Waals surface area (Å²) in [5, 5.41) is 0. The quantitative estimate of drug-likeness (QED) is 0.731. The van der Waals surface area contributed by atoms with Crippen LogP contribution < -0.4 is 0 Å². The lowest BCUT2D eigenvalue weighted by Crippen LogP contribution is -2.65. The fraction of sp³-hybridized carbons (Fsp3) is 0.667. The molecule has 1 aromatic heterocycles. The van der Waals surface area contributed by atoms with Gasteiger partial charge < -0.3 is 9.47 Å². The van der Waals surface area contributed by atoms with Crippen LogP contribution in [-0.4, -0.2) is 55.9 Å². The first-order valence-corrected chi connectivity index (χ1v) is 9.40. The molecule has 2 aliphatic rings. The van der Waals surface area contributed by atoms with Gasteiger partial charge in [0.15, 0.2) is 0 Å². The molecule has 7 heteroatoms. The zero-order chi connectivity index (χ0) is 15.6. The van der Waals surface area contributed by atoms with Gasteiger partial charge in [0.05, 0.1) is 18.5 Å². The Hall–Kier alpha value is -1.02. The highest BCUT2D eigenvalue weighted by atomic mass is 32.2. The third kappa shape index (κ3) is 3.32. The first-order valence-electron chi connectivity index (χ1n) is 7.55. The SMILES string of the molecule is CS(=O)(=O)N1CC2(C1)OCCC2CCOCc1ccncc1. The number of ether oxygens (including phenoxy) is 2. The van der Waals surface area contributed by atoms with Gasteiger partial charge in [-0.1, -0.05) is 0 Å². The number of sulfonamides is 1. The molecule has 0 aliphatic carbocycles. The van der Waals surface area contributed by atoms with Gasteiger partial charge in [0.1, 0.15) is 0 Å². The van der Waals surface area contributed by atoms with Crippen molar-refractivity contribution in [3.05, 3.63) is 30.1 Å². The van der Waals surface area contributed by atoms with E-state index in [-0.39, 0.29) is 5.60 Å². The van der Waals surface area contributed by atoms with E-state index < -0.39 is 10.0 Å². The molecule has 22 heavy (non-hydrogen) atoms. The van der Waals surface area contributed by atoms with E-state index in [1.807, 2.05) is 12.1 Å². The van der Waals surface area contributed by atoms with Crippen LogP contribution in [0.3, 0.4) is 0 Å². The summed E-state index contributed by atoms with van der Waals surface area (Å²) < 4.78 is 36.1. The third-order valence-corrected chi connectivity index (χ3v) is 5.78. The Morgan fingerprint density at radius 3 is 2.82 bits per heavy atom. The Morgan fingerprint density at radius 1 is 1.41 bits per heavy atom. The second-order valence-corrected chi connectivity index (χ2v) is 8.11. The van der Waals surface area contributed by atoms with E-state index in [1.165, 1.54) is 10.6 Å². The van der Waals surface area contributed by atoms with E-state index in [1.54, 1.807) is 12.4 Å². The van der Waals surface area contributed by atoms with Crippen LogP contribution in [0.2, 0.25) is 0 Å². The average molecular weight is 326 g/mol. The lowest BCUT2D eigenvalue weighted by atomic mass is 9.80.